The Morgan fingerprint density at radius 1 is 1.26 bits per heavy atom. The largest absolute Gasteiger partial charge is 0.325 e. The van der Waals surface area contributed by atoms with Crippen LogP contribution in [0.25, 0.3) is 0 Å². The highest BCUT2D eigenvalue weighted by Crippen LogP contribution is 2.29. The summed E-state index contributed by atoms with van der Waals surface area (Å²) in [5.41, 5.74) is -0.517. The van der Waals surface area contributed by atoms with E-state index in [-0.39, 0.29) is 11.4 Å². The fraction of sp³-hybridized carbons (Fsp3) is 0.500. The van der Waals surface area contributed by atoms with E-state index in [1.165, 1.54) is 12.1 Å². The summed E-state index contributed by atoms with van der Waals surface area (Å²) in [6.45, 7) is 5.04. The molecule has 0 aliphatic carbocycles. The lowest BCUT2D eigenvalue weighted by Crippen LogP contribution is -2.47. The minimum Gasteiger partial charge on any atom is -0.323 e. The number of rotatable bonds is 8. The van der Waals surface area contributed by atoms with E-state index in [1.807, 2.05) is 13.8 Å². The highest BCUT2D eigenvalue weighted by atomic mass is 16.6. The lowest BCUT2D eigenvalue weighted by atomic mass is 9.88. The second kappa shape index (κ2) is 8.15. The monoisotopic (exact) mass is 376 g/mol. The maximum absolute atomic E-state index is 12.8. The topological polar surface area (TPSA) is 122 Å². The number of hydrogen-bond acceptors (Lipinski definition) is 5. The zero-order chi connectivity index (χ0) is 20.2. The third kappa shape index (κ3) is 4.24. The van der Waals surface area contributed by atoms with Gasteiger partial charge in [0.15, 0.2) is 0 Å². The molecule has 27 heavy (non-hydrogen) atoms. The Morgan fingerprint density at radius 2 is 1.89 bits per heavy atom. The van der Waals surface area contributed by atoms with Gasteiger partial charge in [-0.1, -0.05) is 32.8 Å². The van der Waals surface area contributed by atoms with Gasteiger partial charge in [0.25, 0.3) is 11.6 Å². The van der Waals surface area contributed by atoms with Gasteiger partial charge in [0, 0.05) is 6.07 Å². The van der Waals surface area contributed by atoms with Gasteiger partial charge in [-0.3, -0.25) is 24.6 Å². The van der Waals surface area contributed by atoms with Crippen LogP contribution in [-0.2, 0) is 9.59 Å². The number of aryl methyl sites for hydroxylation is 1. The van der Waals surface area contributed by atoms with E-state index >= 15 is 0 Å². The SMILES string of the molecule is CCCC1(CCC)NC(=O)N(CC(=O)Nc2ccc(C)cc2[N+](=O)[O-])C1=O. The zero-order valence-corrected chi connectivity index (χ0v) is 15.7. The van der Waals surface area contributed by atoms with Crippen molar-refractivity contribution in [3.05, 3.63) is 33.9 Å². The molecule has 0 spiro atoms. The minimum atomic E-state index is -0.975. The maximum atomic E-state index is 12.8. The molecule has 1 aliphatic heterocycles. The Labute approximate surface area is 157 Å². The standard InChI is InChI=1S/C18H24N4O5/c1-4-8-18(9-5-2)16(24)21(17(25)20-18)11-15(23)19-13-7-6-12(3)10-14(13)22(26)27/h6-7,10H,4-5,8-9,11H2,1-3H3,(H,19,23)(H,20,25). The molecule has 1 fully saturated rings. The summed E-state index contributed by atoms with van der Waals surface area (Å²) in [4.78, 5) is 48.8. The molecule has 0 unspecified atom stereocenters. The second-order valence-electron chi connectivity index (χ2n) is 6.73. The van der Waals surface area contributed by atoms with Crippen LogP contribution >= 0.6 is 0 Å². The quantitative estimate of drug-likeness (QED) is 0.410. The number of carbonyl (C=O) groups excluding carboxylic acids is 3. The van der Waals surface area contributed by atoms with Crippen LogP contribution in [0.15, 0.2) is 18.2 Å². The third-order valence-corrected chi connectivity index (χ3v) is 4.53. The first-order valence-corrected chi connectivity index (χ1v) is 8.93. The molecule has 2 N–H and O–H groups in total. The van der Waals surface area contributed by atoms with E-state index in [1.54, 1.807) is 13.0 Å². The number of amides is 4. The van der Waals surface area contributed by atoms with Crippen molar-refractivity contribution in [2.45, 2.75) is 52.0 Å². The number of benzene rings is 1. The normalized spacial score (nSPS) is 15.6. The lowest BCUT2D eigenvalue weighted by Gasteiger charge is -2.25. The lowest BCUT2D eigenvalue weighted by molar-refractivity contribution is -0.384. The Balaban J connectivity index is 2.15. The van der Waals surface area contributed by atoms with Gasteiger partial charge in [-0.2, -0.15) is 0 Å². The predicted octanol–water partition coefficient (Wildman–Crippen LogP) is 2.73. The highest BCUT2D eigenvalue weighted by molar-refractivity contribution is 6.10. The Kier molecular flexibility index (Phi) is 6.14. The fourth-order valence-electron chi connectivity index (χ4n) is 3.37. The summed E-state index contributed by atoms with van der Waals surface area (Å²) in [7, 11) is 0. The summed E-state index contributed by atoms with van der Waals surface area (Å²) < 4.78 is 0. The summed E-state index contributed by atoms with van der Waals surface area (Å²) in [5.74, 6) is -1.10. The minimum absolute atomic E-state index is 0.0241. The molecule has 1 aromatic rings. The average molecular weight is 376 g/mol. The number of nitro groups is 1. The van der Waals surface area contributed by atoms with Gasteiger partial charge < -0.3 is 10.6 Å². The molecule has 0 saturated carbocycles. The van der Waals surface area contributed by atoms with Gasteiger partial charge in [0.1, 0.15) is 17.8 Å². The molecule has 9 heteroatoms. The van der Waals surface area contributed by atoms with Crippen molar-refractivity contribution in [3.8, 4) is 0 Å². The van der Waals surface area contributed by atoms with Gasteiger partial charge in [0.2, 0.25) is 5.91 Å². The van der Waals surface area contributed by atoms with Gasteiger partial charge in [-0.05, 0) is 31.4 Å². The highest BCUT2D eigenvalue weighted by Gasteiger charge is 2.50. The Morgan fingerprint density at radius 3 is 2.44 bits per heavy atom. The van der Waals surface area contributed by atoms with E-state index in [0.717, 1.165) is 4.90 Å². The summed E-state index contributed by atoms with van der Waals surface area (Å²) >= 11 is 0. The van der Waals surface area contributed by atoms with E-state index in [9.17, 15) is 24.5 Å². The predicted molar refractivity (Wildman–Crippen MR) is 99.3 cm³/mol. The van der Waals surface area contributed by atoms with Crippen molar-refractivity contribution >= 4 is 29.2 Å². The number of anilines is 1. The molecule has 2 rings (SSSR count). The van der Waals surface area contributed by atoms with Gasteiger partial charge in [0.05, 0.1) is 4.92 Å². The van der Waals surface area contributed by atoms with E-state index < -0.39 is 34.9 Å². The first-order chi connectivity index (χ1) is 12.7. The molecule has 1 heterocycles. The molecule has 0 atom stereocenters. The second-order valence-corrected chi connectivity index (χ2v) is 6.73. The van der Waals surface area contributed by atoms with Crippen LogP contribution in [-0.4, -0.2) is 39.8 Å². The number of urea groups is 1. The maximum Gasteiger partial charge on any atom is 0.325 e. The van der Waals surface area contributed by atoms with Crippen LogP contribution in [0.3, 0.4) is 0 Å². The molecule has 1 saturated heterocycles. The van der Waals surface area contributed by atoms with Crippen molar-refractivity contribution in [2.75, 3.05) is 11.9 Å². The average Bonchev–Trinajstić information content (AvgIpc) is 2.81. The van der Waals surface area contributed by atoms with Gasteiger partial charge in [-0.25, -0.2) is 4.79 Å². The first kappa shape index (κ1) is 20.3. The first-order valence-electron chi connectivity index (χ1n) is 8.93. The summed E-state index contributed by atoms with van der Waals surface area (Å²) in [6, 6.07) is 3.78. The molecule has 1 aromatic carbocycles. The van der Waals surface area contributed by atoms with Crippen molar-refractivity contribution in [1.29, 1.82) is 0 Å². The molecule has 0 bridgehead atoms. The van der Waals surface area contributed by atoms with E-state index in [2.05, 4.69) is 10.6 Å². The third-order valence-electron chi connectivity index (χ3n) is 4.53. The van der Waals surface area contributed by atoms with Crippen molar-refractivity contribution in [2.24, 2.45) is 0 Å². The number of hydrogen-bond donors (Lipinski definition) is 2. The van der Waals surface area contributed by atoms with Crippen LogP contribution in [0.5, 0.6) is 0 Å². The van der Waals surface area contributed by atoms with Crippen molar-refractivity contribution in [1.82, 2.24) is 10.2 Å². The Bertz CT molecular complexity index is 771. The van der Waals surface area contributed by atoms with Gasteiger partial charge >= 0.3 is 6.03 Å². The molecule has 0 radical (unpaired) electrons. The van der Waals surface area contributed by atoms with E-state index in [0.29, 0.717) is 31.2 Å². The smallest absolute Gasteiger partial charge is 0.323 e. The molecule has 4 amide bonds. The van der Waals surface area contributed by atoms with Crippen LogP contribution in [0.2, 0.25) is 0 Å². The van der Waals surface area contributed by atoms with Crippen LogP contribution in [0.4, 0.5) is 16.2 Å². The van der Waals surface area contributed by atoms with Crippen molar-refractivity contribution in [3.63, 3.8) is 0 Å². The molecule has 146 valence electrons. The van der Waals surface area contributed by atoms with E-state index in [4.69, 9.17) is 0 Å². The number of nitro benzene ring substituents is 1. The molecular weight excluding hydrogens is 352 g/mol. The fourth-order valence-corrected chi connectivity index (χ4v) is 3.37. The molecule has 9 nitrogen and oxygen atoms in total. The zero-order valence-electron chi connectivity index (χ0n) is 15.7. The van der Waals surface area contributed by atoms with Crippen LogP contribution in [0, 0.1) is 17.0 Å². The number of nitrogens with one attached hydrogen (secondary N) is 2. The van der Waals surface area contributed by atoms with Gasteiger partial charge in [-0.15, -0.1) is 0 Å². The van der Waals surface area contributed by atoms with Crippen LogP contribution < -0.4 is 10.6 Å². The molecule has 1 aliphatic rings. The van der Waals surface area contributed by atoms with Crippen molar-refractivity contribution < 1.29 is 19.3 Å². The number of nitrogens with zero attached hydrogens (tertiary/aromatic N) is 2. The number of imide groups is 1. The molecule has 0 aromatic heterocycles. The number of carbonyl (C=O) groups is 3. The molecular formula is C18H24N4O5. The Hall–Kier alpha value is -2.97. The summed E-state index contributed by atoms with van der Waals surface area (Å²) in [5, 5.41) is 16.3. The summed E-state index contributed by atoms with van der Waals surface area (Å²) in [6.07, 6.45) is 2.41. The van der Waals surface area contributed by atoms with Crippen LogP contribution in [0.1, 0.15) is 45.1 Å².